The standard InChI is InChI=1S/C7H14Si.H2O/c1-8-7-5-3-2-4-6-7;/h7H,2-6H2,1H3;1H2. The first kappa shape index (κ1) is 9.18. The second-order valence-corrected chi connectivity index (χ2v) is 4.02. The monoisotopic (exact) mass is 144 g/mol. The summed E-state index contributed by atoms with van der Waals surface area (Å²) in [6, 6.07) is 0. The minimum absolute atomic E-state index is 0. The number of hydrogen-bond acceptors (Lipinski definition) is 0. The van der Waals surface area contributed by atoms with Crippen LogP contribution in [0.25, 0.3) is 0 Å². The molecule has 0 amide bonds. The second kappa shape index (κ2) is 5.00. The summed E-state index contributed by atoms with van der Waals surface area (Å²) in [7, 11) is 1.21. The molecule has 0 unspecified atom stereocenters. The van der Waals surface area contributed by atoms with Gasteiger partial charge in [0.15, 0.2) is 0 Å². The molecule has 2 radical (unpaired) electrons. The van der Waals surface area contributed by atoms with E-state index >= 15 is 0 Å². The molecule has 0 saturated heterocycles. The van der Waals surface area contributed by atoms with E-state index in [9.17, 15) is 0 Å². The van der Waals surface area contributed by atoms with Crippen molar-refractivity contribution in [2.75, 3.05) is 0 Å². The molecule has 54 valence electrons. The molecule has 1 saturated carbocycles. The predicted molar refractivity (Wildman–Crippen MR) is 42.1 cm³/mol. The molecule has 0 spiro atoms. The Balaban J connectivity index is 0.000000640. The maximum absolute atomic E-state index is 2.34. The average Bonchev–Trinajstić information content (AvgIpc) is 1.90. The summed E-state index contributed by atoms with van der Waals surface area (Å²) < 4.78 is 0. The van der Waals surface area contributed by atoms with Crippen molar-refractivity contribution in [3.05, 3.63) is 0 Å². The predicted octanol–water partition coefficient (Wildman–Crippen LogP) is 1.67. The fourth-order valence-electron chi connectivity index (χ4n) is 1.39. The first-order valence-corrected chi connectivity index (χ1v) is 5.18. The van der Waals surface area contributed by atoms with Crippen LogP contribution in [0.1, 0.15) is 32.1 Å². The zero-order chi connectivity index (χ0) is 5.82. The molecule has 1 rings (SSSR count). The lowest BCUT2D eigenvalue weighted by atomic mass is 10.0. The number of hydrogen-bond donors (Lipinski definition) is 0. The maximum Gasteiger partial charge on any atom is 0.0378 e. The minimum atomic E-state index is 0. The van der Waals surface area contributed by atoms with Gasteiger partial charge >= 0.3 is 0 Å². The lowest BCUT2D eigenvalue weighted by Crippen LogP contribution is -2.04. The zero-order valence-electron chi connectivity index (χ0n) is 6.11. The van der Waals surface area contributed by atoms with Gasteiger partial charge in [0.05, 0.1) is 0 Å². The van der Waals surface area contributed by atoms with E-state index in [0.29, 0.717) is 0 Å². The smallest absolute Gasteiger partial charge is 0.0378 e. The molecule has 1 aliphatic carbocycles. The van der Waals surface area contributed by atoms with Crippen LogP contribution in [0.2, 0.25) is 12.1 Å². The van der Waals surface area contributed by atoms with E-state index in [2.05, 4.69) is 6.55 Å². The van der Waals surface area contributed by atoms with Crippen molar-refractivity contribution in [1.29, 1.82) is 0 Å². The van der Waals surface area contributed by atoms with Crippen LogP contribution >= 0.6 is 0 Å². The van der Waals surface area contributed by atoms with Crippen LogP contribution in [-0.2, 0) is 0 Å². The third kappa shape index (κ3) is 3.01. The first-order chi connectivity index (χ1) is 3.93. The molecule has 1 aliphatic rings. The molecule has 0 aromatic heterocycles. The zero-order valence-corrected chi connectivity index (χ0v) is 7.11. The molecule has 1 fully saturated rings. The highest BCUT2D eigenvalue weighted by molar-refractivity contribution is 6.35. The van der Waals surface area contributed by atoms with E-state index in [1.54, 1.807) is 0 Å². The fourth-order valence-corrected chi connectivity index (χ4v) is 2.38. The van der Waals surface area contributed by atoms with Crippen molar-refractivity contribution >= 4 is 9.52 Å². The molecule has 0 heterocycles. The quantitative estimate of drug-likeness (QED) is 0.501. The fraction of sp³-hybridized carbons (Fsp3) is 1.00. The molecule has 0 aromatic rings. The van der Waals surface area contributed by atoms with Crippen LogP contribution in [0.5, 0.6) is 0 Å². The summed E-state index contributed by atoms with van der Waals surface area (Å²) in [6.07, 6.45) is 7.56. The molecule has 2 N–H and O–H groups in total. The Morgan fingerprint density at radius 3 is 2.00 bits per heavy atom. The largest absolute Gasteiger partial charge is 0.412 e. The summed E-state index contributed by atoms with van der Waals surface area (Å²) in [5.74, 6) is 0. The van der Waals surface area contributed by atoms with Crippen LogP contribution in [-0.4, -0.2) is 15.0 Å². The normalized spacial score (nSPS) is 21.0. The molecule has 2 heteroatoms. The lowest BCUT2D eigenvalue weighted by Gasteiger charge is -2.18. The van der Waals surface area contributed by atoms with Crippen LogP contribution in [0, 0.1) is 0 Å². The second-order valence-electron chi connectivity index (χ2n) is 2.62. The van der Waals surface area contributed by atoms with Crippen molar-refractivity contribution in [2.24, 2.45) is 0 Å². The van der Waals surface area contributed by atoms with E-state index in [1.807, 2.05) is 0 Å². The number of rotatable bonds is 1. The molecule has 9 heavy (non-hydrogen) atoms. The Kier molecular flexibility index (Phi) is 5.10. The average molecular weight is 144 g/mol. The molecular weight excluding hydrogens is 128 g/mol. The molecular formula is C7H16OSi. The van der Waals surface area contributed by atoms with Crippen LogP contribution in [0.15, 0.2) is 0 Å². The van der Waals surface area contributed by atoms with E-state index in [4.69, 9.17) is 0 Å². The third-order valence-electron chi connectivity index (χ3n) is 2.01. The summed E-state index contributed by atoms with van der Waals surface area (Å²) >= 11 is 0. The Labute approximate surface area is 60.0 Å². The Morgan fingerprint density at radius 1 is 1.11 bits per heavy atom. The van der Waals surface area contributed by atoms with Gasteiger partial charge in [-0.1, -0.05) is 38.7 Å². The van der Waals surface area contributed by atoms with Crippen LogP contribution < -0.4 is 0 Å². The highest BCUT2D eigenvalue weighted by Gasteiger charge is 2.10. The van der Waals surface area contributed by atoms with Crippen LogP contribution in [0.4, 0.5) is 0 Å². The van der Waals surface area contributed by atoms with Gasteiger partial charge in [0.2, 0.25) is 0 Å². The van der Waals surface area contributed by atoms with Gasteiger partial charge in [0.25, 0.3) is 0 Å². The highest BCUT2D eigenvalue weighted by Crippen LogP contribution is 2.27. The van der Waals surface area contributed by atoms with Crippen molar-refractivity contribution in [3.8, 4) is 0 Å². The summed E-state index contributed by atoms with van der Waals surface area (Å²) in [4.78, 5) is 0. The summed E-state index contributed by atoms with van der Waals surface area (Å²) in [6.45, 7) is 2.34. The van der Waals surface area contributed by atoms with Gasteiger partial charge in [-0.2, -0.15) is 0 Å². The molecule has 1 nitrogen and oxygen atoms in total. The van der Waals surface area contributed by atoms with E-state index in [-0.39, 0.29) is 5.48 Å². The Morgan fingerprint density at radius 2 is 1.67 bits per heavy atom. The SMILES string of the molecule is C[Si]C1CCCCC1.O. The molecule has 0 aromatic carbocycles. The maximum atomic E-state index is 2.34. The van der Waals surface area contributed by atoms with Crippen molar-refractivity contribution < 1.29 is 5.48 Å². The topological polar surface area (TPSA) is 31.5 Å². The van der Waals surface area contributed by atoms with Crippen molar-refractivity contribution in [1.82, 2.24) is 0 Å². The van der Waals surface area contributed by atoms with Gasteiger partial charge in [-0.3, -0.25) is 0 Å². The summed E-state index contributed by atoms with van der Waals surface area (Å²) in [5.41, 5.74) is 1.11. The van der Waals surface area contributed by atoms with Gasteiger partial charge in [0, 0.05) is 9.52 Å². The van der Waals surface area contributed by atoms with Crippen molar-refractivity contribution in [2.45, 2.75) is 44.2 Å². The van der Waals surface area contributed by atoms with Gasteiger partial charge < -0.3 is 5.48 Å². The van der Waals surface area contributed by atoms with E-state index in [0.717, 1.165) is 5.54 Å². The van der Waals surface area contributed by atoms with Gasteiger partial charge in [-0.25, -0.2) is 0 Å². The first-order valence-electron chi connectivity index (χ1n) is 3.61. The molecule has 0 atom stereocenters. The summed E-state index contributed by atoms with van der Waals surface area (Å²) in [5, 5.41) is 0. The van der Waals surface area contributed by atoms with Gasteiger partial charge in [-0.15, -0.1) is 0 Å². The lowest BCUT2D eigenvalue weighted by molar-refractivity contribution is 0.501. The Hall–Kier alpha value is 0.177. The third-order valence-corrected chi connectivity index (χ3v) is 3.41. The van der Waals surface area contributed by atoms with Gasteiger partial charge in [-0.05, 0) is 5.54 Å². The van der Waals surface area contributed by atoms with E-state index < -0.39 is 0 Å². The van der Waals surface area contributed by atoms with Crippen molar-refractivity contribution in [3.63, 3.8) is 0 Å². The van der Waals surface area contributed by atoms with Gasteiger partial charge in [0.1, 0.15) is 0 Å². The van der Waals surface area contributed by atoms with E-state index in [1.165, 1.54) is 41.6 Å². The minimum Gasteiger partial charge on any atom is -0.412 e. The molecule has 0 aliphatic heterocycles. The Bertz CT molecular complexity index is 59.9. The molecule has 0 bridgehead atoms. The van der Waals surface area contributed by atoms with Crippen LogP contribution in [0.3, 0.4) is 0 Å². The highest BCUT2D eigenvalue weighted by atomic mass is 28.2.